The third kappa shape index (κ3) is 5.54. The highest BCUT2D eigenvalue weighted by atomic mass is 35.5. The molecular weight excluding hydrogens is 462 g/mol. The van der Waals surface area contributed by atoms with E-state index in [2.05, 4.69) is 31.0 Å². The lowest BCUT2D eigenvalue weighted by atomic mass is 9.86. The first-order valence-corrected chi connectivity index (χ1v) is 11.7. The minimum atomic E-state index is -0.541. The van der Waals surface area contributed by atoms with Gasteiger partial charge in [-0.2, -0.15) is 0 Å². The van der Waals surface area contributed by atoms with E-state index in [9.17, 15) is 9.90 Å². The molecule has 0 radical (unpaired) electrons. The van der Waals surface area contributed by atoms with Crippen LogP contribution in [-0.2, 0) is 16.8 Å². The second-order valence-electron chi connectivity index (χ2n) is 9.53. The summed E-state index contributed by atoms with van der Waals surface area (Å²) in [5, 5.41) is 20.2. The molecule has 4 rings (SSSR count). The number of nitrogens with zero attached hydrogens (tertiary/aromatic N) is 3. The summed E-state index contributed by atoms with van der Waals surface area (Å²) in [5.41, 5.74) is 3.91. The maximum atomic E-state index is 12.5. The van der Waals surface area contributed by atoms with Gasteiger partial charge in [0.2, 0.25) is 5.88 Å². The van der Waals surface area contributed by atoms with E-state index in [0.29, 0.717) is 22.7 Å². The quantitative estimate of drug-likeness (QED) is 0.288. The van der Waals surface area contributed by atoms with Gasteiger partial charge in [0.05, 0.1) is 12.1 Å². The van der Waals surface area contributed by atoms with Gasteiger partial charge in [0.1, 0.15) is 5.75 Å². The number of aromatic nitrogens is 1. The zero-order chi connectivity index (χ0) is 25.2. The molecule has 0 unspecified atom stereocenters. The Balaban J connectivity index is 1.56. The first kappa shape index (κ1) is 24.5. The number of para-hydroxylation sites is 1. The van der Waals surface area contributed by atoms with Crippen LogP contribution >= 0.6 is 11.6 Å². The second-order valence-corrected chi connectivity index (χ2v) is 9.97. The molecule has 7 heteroatoms. The van der Waals surface area contributed by atoms with Crippen molar-refractivity contribution in [3.63, 3.8) is 0 Å². The van der Waals surface area contributed by atoms with Crippen LogP contribution in [0.15, 0.2) is 77.0 Å². The number of hydrogen-bond donors (Lipinski definition) is 1. The van der Waals surface area contributed by atoms with E-state index in [1.54, 1.807) is 16.7 Å². The predicted octanol–water partition coefficient (Wildman–Crippen LogP) is 7.34. The highest BCUT2D eigenvalue weighted by molar-refractivity contribution is 6.30. The van der Waals surface area contributed by atoms with Gasteiger partial charge in [-0.15, -0.1) is 10.2 Å². The topological polar surface area (TPSA) is 76.2 Å². The highest BCUT2D eigenvalue weighted by Crippen LogP contribution is 2.39. The smallest absolute Gasteiger partial charge is 0.302 e. The molecule has 4 aromatic rings. The zero-order valence-electron chi connectivity index (χ0n) is 20.2. The molecule has 180 valence electrons. The molecule has 1 aromatic heterocycles. The van der Waals surface area contributed by atoms with Crippen LogP contribution in [0.5, 0.6) is 11.6 Å². The minimum absolute atomic E-state index is 0.0627. The molecule has 0 spiro atoms. The molecular formula is C28H28ClN3O3. The summed E-state index contributed by atoms with van der Waals surface area (Å²) in [6, 6.07) is 20.8. The van der Waals surface area contributed by atoms with E-state index in [0.717, 1.165) is 22.2 Å². The van der Waals surface area contributed by atoms with Gasteiger partial charge in [0.15, 0.2) is 12.3 Å². The molecule has 0 bridgehead atoms. The Hall–Kier alpha value is -3.64. The Morgan fingerprint density at radius 3 is 2.49 bits per heavy atom. The number of hydrogen-bond acceptors (Lipinski definition) is 4. The number of carbonyl (C=O) groups is 1. The van der Waals surface area contributed by atoms with E-state index in [1.807, 2.05) is 61.5 Å². The summed E-state index contributed by atoms with van der Waals surface area (Å²) in [5.74, 6) is 0.0519. The number of amides is 1. The minimum Gasteiger partial charge on any atom is -0.493 e. The van der Waals surface area contributed by atoms with Gasteiger partial charge >= 0.3 is 5.91 Å². The van der Waals surface area contributed by atoms with Crippen LogP contribution in [0.2, 0.25) is 5.02 Å². The van der Waals surface area contributed by atoms with Crippen LogP contribution in [0.4, 0.5) is 5.69 Å². The summed E-state index contributed by atoms with van der Waals surface area (Å²) in [4.78, 5) is 12.5. The van der Waals surface area contributed by atoms with Gasteiger partial charge in [-0.05, 0) is 53.3 Å². The monoisotopic (exact) mass is 489 g/mol. The van der Waals surface area contributed by atoms with Crippen LogP contribution in [-0.4, -0.2) is 22.2 Å². The largest absolute Gasteiger partial charge is 0.493 e. The average Bonchev–Trinajstić information content (AvgIpc) is 3.07. The lowest BCUT2D eigenvalue weighted by molar-refractivity contribution is -0.120. The van der Waals surface area contributed by atoms with Gasteiger partial charge in [-0.1, -0.05) is 74.8 Å². The van der Waals surface area contributed by atoms with Crippen LogP contribution in [0.3, 0.4) is 0 Å². The van der Waals surface area contributed by atoms with Crippen molar-refractivity contribution in [1.29, 1.82) is 0 Å². The summed E-state index contributed by atoms with van der Waals surface area (Å²) < 4.78 is 7.56. The van der Waals surface area contributed by atoms with E-state index in [4.69, 9.17) is 16.3 Å². The molecule has 35 heavy (non-hydrogen) atoms. The third-order valence-electron chi connectivity index (χ3n) is 5.73. The van der Waals surface area contributed by atoms with E-state index in [-0.39, 0.29) is 23.6 Å². The van der Waals surface area contributed by atoms with Crippen LogP contribution in [0.1, 0.15) is 37.5 Å². The molecule has 0 fully saturated rings. The van der Waals surface area contributed by atoms with E-state index < -0.39 is 5.91 Å². The van der Waals surface area contributed by atoms with Crippen molar-refractivity contribution in [2.75, 3.05) is 6.61 Å². The van der Waals surface area contributed by atoms with E-state index in [1.165, 1.54) is 0 Å². The molecule has 1 amide bonds. The average molecular weight is 490 g/mol. The number of benzene rings is 3. The number of carbonyl (C=O) groups excluding carboxylic acids is 1. The van der Waals surface area contributed by atoms with Crippen molar-refractivity contribution in [1.82, 2.24) is 4.57 Å². The molecule has 1 heterocycles. The van der Waals surface area contributed by atoms with Crippen molar-refractivity contribution in [2.24, 2.45) is 10.2 Å². The Morgan fingerprint density at radius 1 is 1.06 bits per heavy atom. The summed E-state index contributed by atoms with van der Waals surface area (Å²) in [6.45, 7) is 8.42. The predicted molar refractivity (Wildman–Crippen MR) is 139 cm³/mol. The molecule has 1 N–H and O–H groups in total. The zero-order valence-corrected chi connectivity index (χ0v) is 21.0. The fraction of sp³-hybridized carbons (Fsp3) is 0.250. The molecule has 0 saturated carbocycles. The Kier molecular flexibility index (Phi) is 6.94. The number of halogens is 1. The summed E-state index contributed by atoms with van der Waals surface area (Å²) in [6.07, 6.45) is 0. The Bertz CT molecular complexity index is 1400. The van der Waals surface area contributed by atoms with Crippen molar-refractivity contribution < 1.29 is 14.6 Å². The second kappa shape index (κ2) is 9.92. The Labute approximate surface area is 209 Å². The number of aryl methyl sites for hydroxylation is 1. The van der Waals surface area contributed by atoms with Crippen molar-refractivity contribution >= 4 is 34.1 Å². The van der Waals surface area contributed by atoms with Gasteiger partial charge in [0.25, 0.3) is 0 Å². The molecule has 0 atom stereocenters. The fourth-order valence-corrected chi connectivity index (χ4v) is 4.07. The SMILES string of the molecule is Cc1ccc(C(C)(C)C)c(OCC(=O)N=Nc2c(O)n(Cc3ccc(Cl)cc3)c3ccccc23)c1. The number of rotatable bonds is 6. The van der Waals surface area contributed by atoms with Gasteiger partial charge in [-0.3, -0.25) is 4.79 Å². The van der Waals surface area contributed by atoms with Gasteiger partial charge < -0.3 is 14.4 Å². The summed E-state index contributed by atoms with van der Waals surface area (Å²) >= 11 is 5.99. The first-order chi connectivity index (χ1) is 16.6. The molecule has 0 aliphatic rings. The normalized spacial score (nSPS) is 11.9. The molecule has 0 aliphatic heterocycles. The fourth-order valence-electron chi connectivity index (χ4n) is 3.95. The molecule has 3 aromatic carbocycles. The standard InChI is InChI=1S/C28H28ClN3O3/c1-18-9-14-22(28(2,3)4)24(15-18)35-17-25(33)30-31-26-21-7-5-6-8-23(21)32(27(26)34)16-19-10-12-20(29)13-11-19/h5-15,34H,16-17H2,1-4H3. The molecule has 0 aliphatic carbocycles. The van der Waals surface area contributed by atoms with Gasteiger partial charge in [0, 0.05) is 10.4 Å². The summed E-state index contributed by atoms with van der Waals surface area (Å²) in [7, 11) is 0. The number of aromatic hydroxyl groups is 1. The highest BCUT2D eigenvalue weighted by Gasteiger charge is 2.20. The first-order valence-electron chi connectivity index (χ1n) is 11.4. The van der Waals surface area contributed by atoms with Crippen molar-refractivity contribution in [3.8, 4) is 11.6 Å². The van der Waals surface area contributed by atoms with E-state index >= 15 is 0 Å². The number of azo groups is 1. The maximum absolute atomic E-state index is 12.5. The third-order valence-corrected chi connectivity index (χ3v) is 5.98. The number of fused-ring (bicyclic) bond motifs is 1. The van der Waals surface area contributed by atoms with Crippen molar-refractivity contribution in [3.05, 3.63) is 88.4 Å². The van der Waals surface area contributed by atoms with Gasteiger partial charge in [-0.25, -0.2) is 0 Å². The molecule has 0 saturated heterocycles. The lowest BCUT2D eigenvalue weighted by Crippen LogP contribution is -2.16. The van der Waals surface area contributed by atoms with Crippen LogP contribution in [0.25, 0.3) is 10.9 Å². The molecule has 6 nitrogen and oxygen atoms in total. The lowest BCUT2D eigenvalue weighted by Gasteiger charge is -2.22. The van der Waals surface area contributed by atoms with Crippen LogP contribution < -0.4 is 4.74 Å². The van der Waals surface area contributed by atoms with Crippen LogP contribution in [0, 0.1) is 6.92 Å². The maximum Gasteiger partial charge on any atom is 0.302 e. The van der Waals surface area contributed by atoms with Crippen molar-refractivity contribution in [2.45, 2.75) is 39.7 Å². The Morgan fingerprint density at radius 2 is 1.77 bits per heavy atom. The number of ether oxygens (including phenoxy) is 1.